The largest absolute Gasteiger partial charge is 0.369 e. The molecule has 1 fully saturated rings. The molecule has 0 amide bonds. The van der Waals surface area contributed by atoms with Crippen molar-refractivity contribution in [3.05, 3.63) is 57.9 Å². The zero-order valence-electron chi connectivity index (χ0n) is 15.1. The Morgan fingerprint density at radius 1 is 1.15 bits per heavy atom. The second-order valence-corrected chi connectivity index (χ2v) is 8.00. The molecule has 140 valence electrons. The van der Waals surface area contributed by atoms with E-state index in [0.717, 1.165) is 54.2 Å². The number of rotatable bonds is 6. The molecular formula is C20H22N4O2S. The lowest BCUT2D eigenvalue weighted by molar-refractivity contribution is -0.380. The van der Waals surface area contributed by atoms with Gasteiger partial charge in [0.05, 0.1) is 10.3 Å². The summed E-state index contributed by atoms with van der Waals surface area (Å²) in [4.78, 5) is 21.1. The molecule has 6 nitrogen and oxygen atoms in total. The third-order valence-electron chi connectivity index (χ3n) is 5.10. The summed E-state index contributed by atoms with van der Waals surface area (Å²) in [7, 11) is 0. The molecule has 7 heteroatoms. The minimum Gasteiger partial charge on any atom is -0.369 e. The average Bonchev–Trinajstić information content (AvgIpc) is 3.14. The van der Waals surface area contributed by atoms with Crippen LogP contribution in [0.25, 0.3) is 10.2 Å². The Labute approximate surface area is 161 Å². The molecule has 0 aliphatic heterocycles. The Bertz CT molecular complexity index is 936. The van der Waals surface area contributed by atoms with Crippen LogP contribution in [0.15, 0.2) is 36.4 Å². The number of fused-ring (bicyclic) bond motifs is 1. The second-order valence-electron chi connectivity index (χ2n) is 6.99. The number of hydrogen-bond donors (Lipinski definition) is 1. The van der Waals surface area contributed by atoms with E-state index >= 15 is 0 Å². The molecule has 1 N–H and O–H groups in total. The highest BCUT2D eigenvalue weighted by Gasteiger charge is 2.22. The van der Waals surface area contributed by atoms with Crippen LogP contribution in [0.5, 0.6) is 0 Å². The Balaban J connectivity index is 1.62. The molecule has 27 heavy (non-hydrogen) atoms. The van der Waals surface area contributed by atoms with E-state index in [0.29, 0.717) is 10.7 Å². The molecule has 0 radical (unpaired) electrons. The van der Waals surface area contributed by atoms with Crippen molar-refractivity contribution in [2.45, 2.75) is 44.4 Å². The van der Waals surface area contributed by atoms with Crippen molar-refractivity contribution in [3.8, 4) is 0 Å². The number of thiophene rings is 1. The smallest absolute Gasteiger partial charge is 0.326 e. The lowest BCUT2D eigenvalue weighted by Gasteiger charge is -2.20. The molecule has 1 saturated carbocycles. The zero-order valence-corrected chi connectivity index (χ0v) is 15.9. The normalized spacial score (nSPS) is 15.1. The number of aromatic nitrogens is 2. The first-order chi connectivity index (χ1) is 13.2. The van der Waals surface area contributed by atoms with Crippen LogP contribution in [0.2, 0.25) is 0 Å². The van der Waals surface area contributed by atoms with Gasteiger partial charge in [-0.2, -0.15) is 0 Å². The van der Waals surface area contributed by atoms with E-state index in [1.54, 1.807) is 6.07 Å². The lowest BCUT2D eigenvalue weighted by atomic mass is 9.89. The molecule has 2 heterocycles. The van der Waals surface area contributed by atoms with E-state index in [-0.39, 0.29) is 9.92 Å². The average molecular weight is 382 g/mol. The van der Waals surface area contributed by atoms with Gasteiger partial charge in [-0.15, -0.1) is 0 Å². The summed E-state index contributed by atoms with van der Waals surface area (Å²) in [5.74, 6) is 1.92. The summed E-state index contributed by atoms with van der Waals surface area (Å²) in [5.41, 5.74) is 1.25. The van der Waals surface area contributed by atoms with E-state index < -0.39 is 0 Å². The first-order valence-corrected chi connectivity index (χ1v) is 10.3. The zero-order chi connectivity index (χ0) is 18.6. The van der Waals surface area contributed by atoms with E-state index in [1.807, 2.05) is 18.2 Å². The standard InChI is InChI=1S/C20H22N4O2S/c25-24(26)17-13-16-19(21-12-11-14-7-3-1-4-8-14)22-18(23-20(16)27-17)15-9-5-2-6-10-15/h1,3-4,7-8,13,15H,2,5-6,9-12H2,(H,21,22,23). The Kier molecular flexibility index (Phi) is 5.29. The van der Waals surface area contributed by atoms with Crippen LogP contribution in [-0.4, -0.2) is 21.4 Å². The van der Waals surface area contributed by atoms with Crippen molar-refractivity contribution >= 4 is 32.4 Å². The fourth-order valence-corrected chi connectivity index (χ4v) is 4.52. The summed E-state index contributed by atoms with van der Waals surface area (Å²) in [6, 6.07) is 11.9. The Morgan fingerprint density at radius 2 is 1.93 bits per heavy atom. The van der Waals surface area contributed by atoms with Gasteiger partial charge in [-0.05, 0) is 36.2 Å². The van der Waals surface area contributed by atoms with Crippen LogP contribution < -0.4 is 5.32 Å². The van der Waals surface area contributed by atoms with Crippen molar-refractivity contribution in [2.24, 2.45) is 0 Å². The van der Waals surface area contributed by atoms with Crippen molar-refractivity contribution in [1.82, 2.24) is 9.97 Å². The van der Waals surface area contributed by atoms with Gasteiger partial charge in [0, 0.05) is 18.5 Å². The van der Waals surface area contributed by atoms with Gasteiger partial charge in [0.1, 0.15) is 16.5 Å². The van der Waals surface area contributed by atoms with Crippen LogP contribution in [0.4, 0.5) is 10.8 Å². The van der Waals surface area contributed by atoms with Gasteiger partial charge < -0.3 is 5.32 Å². The maximum atomic E-state index is 11.2. The van der Waals surface area contributed by atoms with Crippen LogP contribution in [0.3, 0.4) is 0 Å². The number of nitrogens with one attached hydrogen (secondary N) is 1. The molecule has 0 unspecified atom stereocenters. The van der Waals surface area contributed by atoms with Gasteiger partial charge in [0.25, 0.3) is 0 Å². The number of nitro groups is 1. The van der Waals surface area contributed by atoms with E-state index in [9.17, 15) is 10.1 Å². The maximum absolute atomic E-state index is 11.2. The maximum Gasteiger partial charge on any atom is 0.326 e. The predicted molar refractivity (Wildman–Crippen MR) is 109 cm³/mol. The summed E-state index contributed by atoms with van der Waals surface area (Å²) < 4.78 is 0. The first-order valence-electron chi connectivity index (χ1n) is 9.44. The van der Waals surface area contributed by atoms with Crippen molar-refractivity contribution in [1.29, 1.82) is 0 Å². The van der Waals surface area contributed by atoms with Crippen molar-refractivity contribution in [3.63, 3.8) is 0 Å². The fraction of sp³-hybridized carbons (Fsp3) is 0.400. The second kappa shape index (κ2) is 8.00. The molecule has 0 spiro atoms. The monoisotopic (exact) mass is 382 g/mol. The Hall–Kier alpha value is -2.54. The SMILES string of the molecule is O=[N+]([O-])c1cc2c(NCCc3ccccc3)nc(C3CCCCC3)nc2s1. The summed E-state index contributed by atoms with van der Waals surface area (Å²) in [5, 5.41) is 15.5. The minimum absolute atomic E-state index is 0.117. The molecular weight excluding hydrogens is 360 g/mol. The third kappa shape index (κ3) is 4.08. The van der Waals surface area contributed by atoms with Gasteiger partial charge in [-0.25, -0.2) is 9.97 Å². The Morgan fingerprint density at radius 3 is 2.67 bits per heavy atom. The van der Waals surface area contributed by atoms with Crippen molar-refractivity contribution < 1.29 is 4.92 Å². The topological polar surface area (TPSA) is 81.0 Å². The van der Waals surface area contributed by atoms with Gasteiger partial charge in [0.15, 0.2) is 0 Å². The van der Waals surface area contributed by atoms with Crippen LogP contribution >= 0.6 is 11.3 Å². The van der Waals surface area contributed by atoms with Gasteiger partial charge in [-0.1, -0.05) is 49.6 Å². The molecule has 1 aliphatic carbocycles. The highest BCUT2D eigenvalue weighted by atomic mass is 32.1. The number of anilines is 1. The van der Waals surface area contributed by atoms with E-state index in [2.05, 4.69) is 17.4 Å². The minimum atomic E-state index is -0.347. The highest BCUT2D eigenvalue weighted by molar-refractivity contribution is 7.21. The molecule has 1 aromatic carbocycles. The molecule has 0 atom stereocenters. The van der Waals surface area contributed by atoms with E-state index in [1.165, 1.54) is 24.8 Å². The van der Waals surface area contributed by atoms with Gasteiger partial charge >= 0.3 is 5.00 Å². The molecule has 4 rings (SSSR count). The quantitative estimate of drug-likeness (QED) is 0.462. The first kappa shape index (κ1) is 17.9. The number of hydrogen-bond acceptors (Lipinski definition) is 6. The van der Waals surface area contributed by atoms with Crippen LogP contribution in [-0.2, 0) is 6.42 Å². The summed E-state index contributed by atoms with van der Waals surface area (Å²) >= 11 is 1.14. The fourth-order valence-electron chi connectivity index (χ4n) is 3.66. The highest BCUT2D eigenvalue weighted by Crippen LogP contribution is 2.37. The summed E-state index contributed by atoms with van der Waals surface area (Å²) in [6.07, 6.45) is 6.74. The number of nitrogens with zero attached hydrogens (tertiary/aromatic N) is 3. The molecule has 1 aliphatic rings. The van der Waals surface area contributed by atoms with Gasteiger partial charge in [-0.3, -0.25) is 10.1 Å². The molecule has 0 bridgehead atoms. The van der Waals surface area contributed by atoms with Crippen LogP contribution in [0.1, 0.15) is 49.4 Å². The molecule has 3 aromatic rings. The van der Waals surface area contributed by atoms with E-state index in [4.69, 9.17) is 9.97 Å². The third-order valence-corrected chi connectivity index (χ3v) is 6.08. The van der Waals surface area contributed by atoms with Gasteiger partial charge in [0.2, 0.25) is 0 Å². The molecule has 2 aromatic heterocycles. The summed E-state index contributed by atoms with van der Waals surface area (Å²) in [6.45, 7) is 0.726. The van der Waals surface area contributed by atoms with Crippen molar-refractivity contribution in [2.75, 3.05) is 11.9 Å². The number of benzene rings is 1. The van der Waals surface area contributed by atoms with Crippen LogP contribution in [0, 0.1) is 10.1 Å². The lowest BCUT2D eigenvalue weighted by Crippen LogP contribution is -2.12. The molecule has 0 saturated heterocycles. The predicted octanol–water partition coefficient (Wildman–Crippen LogP) is 5.30.